The number of rotatable bonds is 8. The number of allylic oxidation sites excluding steroid dienone is 1. The molecule has 13 heteroatoms. The summed E-state index contributed by atoms with van der Waals surface area (Å²) in [7, 11) is 0. The highest BCUT2D eigenvalue weighted by Crippen LogP contribution is 2.44. The monoisotopic (exact) mass is 612 g/mol. The fraction of sp³-hybridized carbons (Fsp3) is 0.0968. The number of nitrogens with two attached hydrogens (primary N) is 1. The molecule has 0 aliphatic carbocycles. The van der Waals surface area contributed by atoms with Gasteiger partial charge in [-0.3, -0.25) is 0 Å². The summed E-state index contributed by atoms with van der Waals surface area (Å²) in [6, 6.07) is 18.9. The second-order valence-corrected chi connectivity index (χ2v) is 9.24. The molecule has 1 aliphatic heterocycles. The van der Waals surface area contributed by atoms with Crippen LogP contribution in [0, 0.1) is 46.2 Å². The van der Waals surface area contributed by atoms with Gasteiger partial charge in [-0.15, -0.1) is 0 Å². The van der Waals surface area contributed by atoms with Gasteiger partial charge >= 0.3 is 5.97 Å². The van der Waals surface area contributed by atoms with Crippen LogP contribution in [-0.4, -0.2) is 12.6 Å². The fourth-order valence-electron chi connectivity index (χ4n) is 4.41. The van der Waals surface area contributed by atoms with Crippen molar-refractivity contribution >= 4 is 5.97 Å². The standard InChI is InChI=1S/C31H18F6N2O5/c32-21-7-2-1-4-16(21)13-41-17-6-3-5-15(10-17)24-19-9-8-18(11-22(19)44-31(39)20(24)12-38)43-23(40)14-42-30-28(36)26(34)25(33)27(35)29(30)37/h1-11,24H,13-14,39H2. The molecule has 4 aromatic carbocycles. The summed E-state index contributed by atoms with van der Waals surface area (Å²) in [5.74, 6) is -15.3. The molecule has 1 aliphatic rings. The lowest BCUT2D eigenvalue weighted by Crippen LogP contribution is -2.22. The molecule has 1 atom stereocenters. The largest absolute Gasteiger partial charge is 0.489 e. The molecule has 0 radical (unpaired) electrons. The number of esters is 1. The molecular weight excluding hydrogens is 594 g/mol. The van der Waals surface area contributed by atoms with Crippen molar-refractivity contribution in [2.75, 3.05) is 6.61 Å². The topological polar surface area (TPSA) is 104 Å². The van der Waals surface area contributed by atoms with E-state index in [9.17, 15) is 36.4 Å². The van der Waals surface area contributed by atoms with Gasteiger partial charge in [-0.2, -0.15) is 14.0 Å². The average molecular weight is 612 g/mol. The van der Waals surface area contributed by atoms with Gasteiger partial charge in [0.05, 0.1) is 5.92 Å². The van der Waals surface area contributed by atoms with Gasteiger partial charge < -0.3 is 24.7 Å². The minimum absolute atomic E-state index is 0.0493. The Labute approximate surface area is 245 Å². The van der Waals surface area contributed by atoms with Crippen LogP contribution in [-0.2, 0) is 11.4 Å². The van der Waals surface area contributed by atoms with E-state index in [-0.39, 0.29) is 29.6 Å². The molecule has 7 nitrogen and oxygen atoms in total. The average Bonchev–Trinajstić information content (AvgIpc) is 3.02. The van der Waals surface area contributed by atoms with Gasteiger partial charge in [0.2, 0.25) is 35.0 Å². The van der Waals surface area contributed by atoms with E-state index in [0.29, 0.717) is 22.4 Å². The Morgan fingerprint density at radius 1 is 0.841 bits per heavy atom. The van der Waals surface area contributed by atoms with Gasteiger partial charge in [0.1, 0.15) is 41.3 Å². The lowest BCUT2D eigenvalue weighted by atomic mass is 9.83. The first-order valence-corrected chi connectivity index (χ1v) is 12.6. The molecule has 2 N–H and O–H groups in total. The lowest BCUT2D eigenvalue weighted by Gasteiger charge is -2.27. The number of carbonyl (C=O) groups is 1. The number of fused-ring (bicyclic) bond motifs is 1. The first kappa shape index (κ1) is 29.8. The second kappa shape index (κ2) is 12.3. The van der Waals surface area contributed by atoms with Gasteiger partial charge in [0.15, 0.2) is 12.4 Å². The predicted molar refractivity (Wildman–Crippen MR) is 140 cm³/mol. The van der Waals surface area contributed by atoms with Crippen molar-refractivity contribution in [3.05, 3.63) is 130 Å². The zero-order valence-corrected chi connectivity index (χ0v) is 22.2. The first-order valence-electron chi connectivity index (χ1n) is 12.6. The van der Waals surface area contributed by atoms with Crippen LogP contribution in [0.3, 0.4) is 0 Å². The summed E-state index contributed by atoms with van der Waals surface area (Å²) in [6.07, 6.45) is 0. The number of hydrogen-bond donors (Lipinski definition) is 1. The molecule has 0 saturated heterocycles. The van der Waals surface area contributed by atoms with Crippen LogP contribution in [0.1, 0.15) is 22.6 Å². The highest BCUT2D eigenvalue weighted by atomic mass is 19.2. The molecule has 1 unspecified atom stereocenters. The van der Waals surface area contributed by atoms with Crippen LogP contribution in [0.25, 0.3) is 0 Å². The maximum absolute atomic E-state index is 14.0. The number of carbonyl (C=O) groups excluding carboxylic acids is 1. The zero-order valence-electron chi connectivity index (χ0n) is 22.2. The van der Waals surface area contributed by atoms with Crippen LogP contribution in [0.4, 0.5) is 26.3 Å². The quantitative estimate of drug-likeness (QED) is 0.0819. The summed E-state index contributed by atoms with van der Waals surface area (Å²) in [6.45, 7) is -1.26. The lowest BCUT2D eigenvalue weighted by molar-refractivity contribution is -0.136. The number of nitrogens with zero attached hydrogens (tertiary/aromatic N) is 1. The molecule has 4 aromatic rings. The number of halogens is 6. The molecule has 1 heterocycles. The summed E-state index contributed by atoms with van der Waals surface area (Å²) in [4.78, 5) is 12.3. The highest BCUT2D eigenvalue weighted by Gasteiger charge is 2.32. The maximum atomic E-state index is 14.0. The molecule has 0 saturated carbocycles. The van der Waals surface area contributed by atoms with Crippen LogP contribution < -0.4 is 24.7 Å². The zero-order chi connectivity index (χ0) is 31.5. The number of ether oxygens (including phenoxy) is 4. The molecule has 5 rings (SSSR count). The molecule has 0 aromatic heterocycles. The van der Waals surface area contributed by atoms with Crippen molar-refractivity contribution in [1.29, 1.82) is 5.26 Å². The van der Waals surface area contributed by atoms with E-state index in [4.69, 9.17) is 19.9 Å². The van der Waals surface area contributed by atoms with Gasteiger partial charge in [-0.1, -0.05) is 36.4 Å². The Bertz CT molecular complexity index is 1830. The summed E-state index contributed by atoms with van der Waals surface area (Å²) in [5.41, 5.74) is 7.46. The summed E-state index contributed by atoms with van der Waals surface area (Å²) in [5, 5.41) is 9.84. The molecule has 0 amide bonds. The molecule has 0 bridgehead atoms. The van der Waals surface area contributed by atoms with Crippen LogP contribution in [0.15, 0.2) is 78.2 Å². The Kier molecular flexibility index (Phi) is 8.34. The molecule has 0 spiro atoms. The van der Waals surface area contributed by atoms with Crippen LogP contribution >= 0.6 is 0 Å². The normalized spacial score (nSPS) is 13.9. The van der Waals surface area contributed by atoms with Crippen molar-refractivity contribution in [2.45, 2.75) is 12.5 Å². The maximum Gasteiger partial charge on any atom is 0.349 e. The number of benzene rings is 4. The summed E-state index contributed by atoms with van der Waals surface area (Å²) >= 11 is 0. The molecule has 0 fully saturated rings. The second-order valence-electron chi connectivity index (χ2n) is 9.24. The SMILES string of the molecule is N#CC1=C(N)Oc2cc(OC(=O)COc3c(F)c(F)c(F)c(F)c3F)ccc2C1c1cccc(OCc2ccccc2F)c1. The minimum atomic E-state index is -2.38. The van der Waals surface area contributed by atoms with Gasteiger partial charge in [-0.25, -0.2) is 22.4 Å². The van der Waals surface area contributed by atoms with Crippen molar-refractivity contribution in [1.82, 2.24) is 0 Å². The van der Waals surface area contributed by atoms with E-state index in [0.717, 1.165) is 0 Å². The van der Waals surface area contributed by atoms with Gasteiger partial charge in [0.25, 0.3) is 0 Å². The molecular formula is C31H18F6N2O5. The van der Waals surface area contributed by atoms with Crippen molar-refractivity contribution in [2.24, 2.45) is 5.73 Å². The highest BCUT2D eigenvalue weighted by molar-refractivity contribution is 5.74. The predicted octanol–water partition coefficient (Wildman–Crippen LogP) is 6.30. The Morgan fingerprint density at radius 3 is 2.25 bits per heavy atom. The summed E-state index contributed by atoms with van der Waals surface area (Å²) < 4.78 is 103. The number of hydrogen-bond acceptors (Lipinski definition) is 7. The van der Waals surface area contributed by atoms with E-state index in [1.807, 2.05) is 6.07 Å². The Balaban J connectivity index is 1.35. The smallest absolute Gasteiger partial charge is 0.349 e. The van der Waals surface area contributed by atoms with E-state index < -0.39 is 59.1 Å². The van der Waals surface area contributed by atoms with Crippen molar-refractivity contribution in [3.8, 4) is 29.1 Å². The third-order valence-electron chi connectivity index (χ3n) is 6.47. The van der Waals surface area contributed by atoms with E-state index in [1.54, 1.807) is 42.5 Å². The first-order chi connectivity index (χ1) is 21.1. The van der Waals surface area contributed by atoms with E-state index >= 15 is 0 Å². The van der Waals surface area contributed by atoms with Crippen molar-refractivity contribution in [3.63, 3.8) is 0 Å². The van der Waals surface area contributed by atoms with Crippen LogP contribution in [0.5, 0.6) is 23.0 Å². The Hall–Kier alpha value is -5.64. The van der Waals surface area contributed by atoms with E-state index in [2.05, 4.69) is 4.74 Å². The fourth-order valence-corrected chi connectivity index (χ4v) is 4.41. The van der Waals surface area contributed by atoms with Gasteiger partial charge in [0, 0.05) is 17.2 Å². The van der Waals surface area contributed by atoms with Gasteiger partial charge in [-0.05, 0) is 29.8 Å². The Morgan fingerprint density at radius 2 is 1.55 bits per heavy atom. The van der Waals surface area contributed by atoms with Crippen LogP contribution in [0.2, 0.25) is 0 Å². The molecule has 224 valence electrons. The number of nitriles is 1. The van der Waals surface area contributed by atoms with Crippen molar-refractivity contribution < 1.29 is 50.1 Å². The third kappa shape index (κ3) is 5.82. The minimum Gasteiger partial charge on any atom is -0.489 e. The molecule has 44 heavy (non-hydrogen) atoms. The third-order valence-corrected chi connectivity index (χ3v) is 6.47. The van der Waals surface area contributed by atoms with E-state index in [1.165, 1.54) is 24.3 Å².